The second-order valence-corrected chi connectivity index (χ2v) is 8.44. The molecule has 1 fully saturated rings. The molecule has 0 saturated carbocycles. The van der Waals surface area contributed by atoms with Crippen molar-refractivity contribution in [3.05, 3.63) is 33.4 Å². The van der Waals surface area contributed by atoms with Crippen LogP contribution < -0.4 is 10.9 Å². The number of rotatable bonds is 7. The number of hydrogen-bond acceptors (Lipinski definition) is 6. The Morgan fingerprint density at radius 1 is 1.54 bits per heavy atom. The predicted octanol–water partition coefficient (Wildman–Crippen LogP) is 2.65. The van der Waals surface area contributed by atoms with Gasteiger partial charge in [-0.2, -0.15) is 0 Å². The molecule has 0 radical (unpaired) electrons. The molecule has 140 valence electrons. The number of aryl methyl sites for hydroxylation is 2. The maximum atomic E-state index is 12.9. The minimum absolute atomic E-state index is 0.0704. The van der Waals surface area contributed by atoms with Crippen molar-refractivity contribution in [2.75, 3.05) is 18.9 Å². The molecule has 1 aliphatic rings. The van der Waals surface area contributed by atoms with Crippen LogP contribution in [0.3, 0.4) is 0 Å². The number of aromatic nitrogens is 2. The minimum Gasteiger partial charge on any atom is -0.376 e. The molecule has 1 saturated heterocycles. The molecule has 1 amide bonds. The number of thiophene rings is 1. The van der Waals surface area contributed by atoms with E-state index >= 15 is 0 Å². The Labute approximate surface area is 160 Å². The molecule has 0 bridgehead atoms. The molecule has 3 heterocycles. The maximum absolute atomic E-state index is 12.9. The van der Waals surface area contributed by atoms with Crippen molar-refractivity contribution < 1.29 is 9.53 Å². The van der Waals surface area contributed by atoms with Gasteiger partial charge in [0.15, 0.2) is 5.16 Å². The molecule has 0 unspecified atom stereocenters. The van der Waals surface area contributed by atoms with E-state index in [2.05, 4.69) is 16.9 Å². The Morgan fingerprint density at radius 3 is 3.04 bits per heavy atom. The zero-order valence-electron chi connectivity index (χ0n) is 15.0. The van der Waals surface area contributed by atoms with Crippen LogP contribution in [-0.2, 0) is 16.1 Å². The lowest BCUT2D eigenvalue weighted by atomic mass is 10.2. The van der Waals surface area contributed by atoms with Gasteiger partial charge in [0, 0.05) is 24.6 Å². The number of nitrogens with zero attached hydrogens (tertiary/aromatic N) is 2. The second kappa shape index (κ2) is 8.37. The average Bonchev–Trinajstić information content (AvgIpc) is 3.23. The Morgan fingerprint density at radius 2 is 2.35 bits per heavy atom. The van der Waals surface area contributed by atoms with E-state index in [0.29, 0.717) is 23.6 Å². The van der Waals surface area contributed by atoms with Crippen molar-refractivity contribution in [2.24, 2.45) is 0 Å². The molecule has 1 aliphatic heterocycles. The van der Waals surface area contributed by atoms with E-state index in [1.54, 1.807) is 10.6 Å². The first-order valence-corrected chi connectivity index (χ1v) is 10.4. The topological polar surface area (TPSA) is 73.2 Å². The zero-order chi connectivity index (χ0) is 18.7. The van der Waals surface area contributed by atoms with E-state index < -0.39 is 0 Å². The van der Waals surface area contributed by atoms with Crippen molar-refractivity contribution >= 4 is 39.2 Å². The Hall–Kier alpha value is -1.64. The van der Waals surface area contributed by atoms with Gasteiger partial charge < -0.3 is 10.1 Å². The van der Waals surface area contributed by atoms with Crippen LogP contribution in [0.4, 0.5) is 0 Å². The number of hydrogen-bond donors (Lipinski definition) is 1. The van der Waals surface area contributed by atoms with Gasteiger partial charge in [0.1, 0.15) is 4.83 Å². The Balaban J connectivity index is 1.75. The largest absolute Gasteiger partial charge is 0.376 e. The highest BCUT2D eigenvalue weighted by atomic mass is 32.2. The van der Waals surface area contributed by atoms with E-state index in [4.69, 9.17) is 4.74 Å². The van der Waals surface area contributed by atoms with Crippen LogP contribution in [0.15, 0.2) is 22.6 Å². The maximum Gasteiger partial charge on any atom is 0.263 e. The highest BCUT2D eigenvalue weighted by Gasteiger charge is 2.18. The zero-order valence-corrected chi connectivity index (χ0v) is 16.7. The van der Waals surface area contributed by atoms with E-state index in [-0.39, 0.29) is 23.3 Å². The van der Waals surface area contributed by atoms with Crippen molar-refractivity contribution in [3.8, 4) is 0 Å². The molecular weight excluding hydrogens is 370 g/mol. The summed E-state index contributed by atoms with van der Waals surface area (Å²) in [5.74, 6) is 0.133. The first-order valence-electron chi connectivity index (χ1n) is 8.63. The molecule has 2 aromatic heterocycles. The SMILES string of the molecule is C=CCn1c(SCC(=O)NC[C@H]2CCCO2)nc2sc(C)c(C)c2c1=O. The van der Waals surface area contributed by atoms with Crippen LogP contribution in [0.5, 0.6) is 0 Å². The summed E-state index contributed by atoms with van der Waals surface area (Å²) < 4.78 is 7.10. The second-order valence-electron chi connectivity index (χ2n) is 6.29. The van der Waals surface area contributed by atoms with Crippen molar-refractivity contribution in [3.63, 3.8) is 0 Å². The molecule has 26 heavy (non-hydrogen) atoms. The van der Waals surface area contributed by atoms with E-state index in [0.717, 1.165) is 34.7 Å². The number of amides is 1. The lowest BCUT2D eigenvalue weighted by Gasteiger charge is -2.12. The molecule has 8 heteroatoms. The summed E-state index contributed by atoms with van der Waals surface area (Å²) in [5, 5.41) is 4.11. The van der Waals surface area contributed by atoms with Gasteiger partial charge in [0.05, 0.1) is 17.2 Å². The van der Waals surface area contributed by atoms with E-state index in [9.17, 15) is 9.59 Å². The lowest BCUT2D eigenvalue weighted by Crippen LogP contribution is -2.33. The third-order valence-electron chi connectivity index (χ3n) is 4.45. The molecule has 2 aromatic rings. The summed E-state index contributed by atoms with van der Waals surface area (Å²) in [5.41, 5.74) is 0.908. The summed E-state index contributed by atoms with van der Waals surface area (Å²) in [4.78, 5) is 31.5. The number of thioether (sulfide) groups is 1. The summed E-state index contributed by atoms with van der Waals surface area (Å²) in [6.45, 7) is 9.34. The standard InChI is InChI=1S/C18H23N3O3S2/c1-4-7-21-17(23)15-11(2)12(3)26-16(15)20-18(21)25-10-14(22)19-9-13-6-5-8-24-13/h4,13H,1,5-10H2,2-3H3,(H,19,22)/t13-/m1/s1. The predicted molar refractivity (Wildman–Crippen MR) is 106 cm³/mol. The van der Waals surface area contributed by atoms with Gasteiger partial charge in [-0.25, -0.2) is 4.98 Å². The van der Waals surface area contributed by atoms with Gasteiger partial charge in [-0.1, -0.05) is 17.8 Å². The van der Waals surface area contributed by atoms with Crippen molar-refractivity contribution in [1.82, 2.24) is 14.9 Å². The van der Waals surface area contributed by atoms with Gasteiger partial charge in [0.25, 0.3) is 5.56 Å². The molecule has 1 N–H and O–H groups in total. The van der Waals surface area contributed by atoms with Crippen LogP contribution in [0.25, 0.3) is 10.2 Å². The van der Waals surface area contributed by atoms with Crippen LogP contribution in [0.1, 0.15) is 23.3 Å². The number of allylic oxidation sites excluding steroid dienone is 1. The minimum atomic E-state index is -0.0801. The van der Waals surface area contributed by atoms with Crippen LogP contribution in [0.2, 0.25) is 0 Å². The average molecular weight is 394 g/mol. The van der Waals surface area contributed by atoms with Crippen molar-refractivity contribution in [2.45, 2.75) is 44.5 Å². The molecule has 6 nitrogen and oxygen atoms in total. The smallest absolute Gasteiger partial charge is 0.263 e. The Kier molecular flexibility index (Phi) is 6.16. The van der Waals surface area contributed by atoms with E-state index in [1.807, 2.05) is 13.8 Å². The third kappa shape index (κ3) is 4.02. The first-order chi connectivity index (χ1) is 12.5. The summed E-state index contributed by atoms with van der Waals surface area (Å²) in [6, 6.07) is 0. The van der Waals surface area contributed by atoms with Gasteiger partial charge >= 0.3 is 0 Å². The van der Waals surface area contributed by atoms with Gasteiger partial charge in [-0.3, -0.25) is 14.2 Å². The quantitative estimate of drug-likeness (QED) is 0.445. The summed E-state index contributed by atoms with van der Waals surface area (Å²) >= 11 is 2.79. The van der Waals surface area contributed by atoms with Crippen LogP contribution >= 0.6 is 23.1 Å². The molecular formula is C18H23N3O3S2. The van der Waals surface area contributed by atoms with E-state index in [1.165, 1.54) is 23.1 Å². The molecule has 0 aromatic carbocycles. The van der Waals surface area contributed by atoms with Crippen LogP contribution in [0, 0.1) is 13.8 Å². The first kappa shape index (κ1) is 19.1. The van der Waals surface area contributed by atoms with Crippen LogP contribution in [-0.4, -0.2) is 40.5 Å². The van der Waals surface area contributed by atoms with Crippen molar-refractivity contribution in [1.29, 1.82) is 0 Å². The number of carbonyl (C=O) groups excluding carboxylic acids is 1. The van der Waals surface area contributed by atoms with Gasteiger partial charge in [0.2, 0.25) is 5.91 Å². The highest BCUT2D eigenvalue weighted by molar-refractivity contribution is 7.99. The number of fused-ring (bicyclic) bond motifs is 1. The summed E-state index contributed by atoms with van der Waals surface area (Å²) in [7, 11) is 0. The molecule has 0 aliphatic carbocycles. The van der Waals surface area contributed by atoms with Gasteiger partial charge in [-0.15, -0.1) is 17.9 Å². The fraction of sp³-hybridized carbons (Fsp3) is 0.500. The molecule has 1 atom stereocenters. The number of ether oxygens (including phenoxy) is 1. The highest BCUT2D eigenvalue weighted by Crippen LogP contribution is 2.28. The fourth-order valence-corrected chi connectivity index (χ4v) is 4.83. The number of carbonyl (C=O) groups is 1. The third-order valence-corrected chi connectivity index (χ3v) is 6.53. The Bertz CT molecular complexity index is 882. The summed E-state index contributed by atoms with van der Waals surface area (Å²) in [6.07, 6.45) is 3.83. The van der Waals surface area contributed by atoms with Gasteiger partial charge in [-0.05, 0) is 32.3 Å². The molecule has 0 spiro atoms. The number of nitrogens with one attached hydrogen (secondary N) is 1. The fourth-order valence-electron chi connectivity index (χ4n) is 2.92. The molecule has 3 rings (SSSR count). The lowest BCUT2D eigenvalue weighted by molar-refractivity contribution is -0.119. The normalized spacial score (nSPS) is 16.9. The monoisotopic (exact) mass is 393 g/mol.